The lowest BCUT2D eigenvalue weighted by Gasteiger charge is -2.48. The van der Waals surface area contributed by atoms with Crippen molar-refractivity contribution in [3.8, 4) is 0 Å². The molecule has 0 radical (unpaired) electrons. The van der Waals surface area contributed by atoms with Gasteiger partial charge in [-0.05, 0) is 120 Å². The summed E-state index contributed by atoms with van der Waals surface area (Å²) in [7, 11) is 0. The van der Waals surface area contributed by atoms with Gasteiger partial charge in [0, 0.05) is 16.6 Å². The van der Waals surface area contributed by atoms with Crippen LogP contribution < -0.4 is 112 Å². The van der Waals surface area contributed by atoms with Crippen molar-refractivity contribution in [1.29, 1.82) is 0 Å². The van der Waals surface area contributed by atoms with Gasteiger partial charge in [-0.2, -0.15) is 0 Å². The van der Waals surface area contributed by atoms with Crippen LogP contribution in [0, 0.1) is 0 Å². The minimum Gasteiger partial charge on any atom is -0.286 e. The van der Waals surface area contributed by atoms with Gasteiger partial charge in [-0.1, -0.05) is 0 Å². The lowest BCUT2D eigenvalue weighted by molar-refractivity contribution is 0.0598. The number of nitrogens with one attached hydrogen (secondary N) is 21. The number of fused-ring (bicyclic) bond motifs is 12. The molecule has 21 heteroatoms. The third kappa shape index (κ3) is 14.4. The number of rotatable bonds is 3. The molecule has 7 rings (SSSR count). The van der Waals surface area contributed by atoms with Gasteiger partial charge in [0.05, 0.1) is 37.0 Å². The Morgan fingerprint density at radius 2 is 0.456 bits per heavy atom. The fourth-order valence-electron chi connectivity index (χ4n) is 8.86. The summed E-state index contributed by atoms with van der Waals surface area (Å²) in [6, 6.07) is 0. The maximum absolute atomic E-state index is 3.87. The second-order valence-corrected chi connectivity index (χ2v) is 20.2. The van der Waals surface area contributed by atoms with Crippen molar-refractivity contribution in [2.75, 3.05) is 0 Å². The molecule has 0 aromatic rings. The summed E-state index contributed by atoms with van der Waals surface area (Å²) >= 11 is 0. The van der Waals surface area contributed by atoms with E-state index in [4.69, 9.17) is 0 Å². The molecule has 21 N–H and O–H groups in total. The smallest absolute Gasteiger partial charge is 0.117 e. The van der Waals surface area contributed by atoms with E-state index in [1.807, 2.05) is 0 Å². The molecule has 12 unspecified atom stereocenters. The van der Waals surface area contributed by atoms with E-state index in [2.05, 4.69) is 174 Å². The molecule has 0 aromatic heterocycles. The van der Waals surface area contributed by atoms with Gasteiger partial charge in [-0.3, -0.25) is 112 Å². The third-order valence-electron chi connectivity index (χ3n) is 11.1. The highest BCUT2D eigenvalue weighted by Crippen LogP contribution is 2.15. The Kier molecular flexibility index (Phi) is 14.8. The van der Waals surface area contributed by atoms with E-state index < -0.39 is 0 Å². The molecule has 0 amide bonds. The van der Waals surface area contributed by atoms with E-state index >= 15 is 0 Å². The van der Waals surface area contributed by atoms with Gasteiger partial charge in [-0.15, -0.1) is 0 Å². The fourth-order valence-corrected chi connectivity index (χ4v) is 8.86. The predicted octanol–water partition coefficient (Wildman–Crippen LogP) is -4.12. The monoisotopic (exact) mass is 808 g/mol. The second kappa shape index (κ2) is 19.1. The Morgan fingerprint density at radius 3 is 0.632 bits per heavy atom. The number of hydrogen-bond donors (Lipinski definition) is 21. The van der Waals surface area contributed by atoms with Crippen molar-refractivity contribution in [3.63, 3.8) is 0 Å². The summed E-state index contributed by atoms with van der Waals surface area (Å²) in [6.45, 7) is 19.8. The molecule has 0 spiro atoms. The summed E-state index contributed by atoms with van der Waals surface area (Å²) in [6.07, 6.45) is 8.77. The van der Waals surface area contributed by atoms with E-state index in [0.717, 1.165) is 57.8 Å². The Bertz CT molecular complexity index is 1030. The molecule has 7 aliphatic heterocycles. The van der Waals surface area contributed by atoms with Crippen LogP contribution >= 0.6 is 0 Å². The number of piperidine rings is 3. The van der Waals surface area contributed by atoms with Gasteiger partial charge >= 0.3 is 0 Å². The third-order valence-corrected chi connectivity index (χ3v) is 11.1. The minimum absolute atomic E-state index is 0.0922. The van der Waals surface area contributed by atoms with E-state index in [-0.39, 0.29) is 110 Å². The maximum Gasteiger partial charge on any atom is 0.117 e. The van der Waals surface area contributed by atoms with Crippen LogP contribution in [0.4, 0.5) is 0 Å². The largest absolute Gasteiger partial charge is 0.286 e. The van der Waals surface area contributed by atoms with Crippen LogP contribution in [0.2, 0.25) is 0 Å². The van der Waals surface area contributed by atoms with Gasteiger partial charge in [-0.25, -0.2) is 0 Å². The molecule has 7 saturated heterocycles. The van der Waals surface area contributed by atoms with Gasteiger partial charge in [0.1, 0.15) is 56.6 Å². The zero-order valence-corrected chi connectivity index (χ0v) is 36.0. The van der Waals surface area contributed by atoms with Crippen LogP contribution in [0.25, 0.3) is 0 Å². The average Bonchev–Trinajstić information content (AvgIpc) is 3.06. The molecule has 57 heavy (non-hydrogen) atoms. The van der Waals surface area contributed by atoms with Crippen molar-refractivity contribution in [3.05, 3.63) is 0 Å². The lowest BCUT2D eigenvalue weighted by atomic mass is 10.1. The first-order chi connectivity index (χ1) is 26.9. The van der Waals surface area contributed by atoms with Crippen LogP contribution in [0.5, 0.6) is 0 Å². The van der Waals surface area contributed by atoms with Crippen LogP contribution in [-0.4, -0.2) is 110 Å². The van der Waals surface area contributed by atoms with E-state index in [1.165, 1.54) is 0 Å². The van der Waals surface area contributed by atoms with E-state index in [1.54, 1.807) is 0 Å². The zero-order chi connectivity index (χ0) is 40.4. The Hall–Kier alpha value is -0.840. The van der Waals surface area contributed by atoms with Crippen LogP contribution in [-0.2, 0) is 0 Å². The van der Waals surface area contributed by atoms with Crippen molar-refractivity contribution in [2.45, 2.75) is 230 Å². The van der Waals surface area contributed by atoms with Crippen molar-refractivity contribution < 1.29 is 0 Å². The summed E-state index contributed by atoms with van der Waals surface area (Å²) in [4.78, 5) is 0. The molecule has 21 nitrogen and oxygen atoms in total. The first-order valence-electron chi connectivity index (χ1n) is 22.0. The molecule has 7 heterocycles. The van der Waals surface area contributed by atoms with E-state index in [0.29, 0.717) is 0 Å². The molecule has 0 aromatic carbocycles. The Morgan fingerprint density at radius 1 is 0.263 bits per heavy atom. The Balaban J connectivity index is 1.10. The normalized spacial score (nSPS) is 43.4. The SMILES string of the molecule is CC(C)(C)NC1NC2NC3CCCC(N3)NC3NC(NC4CCCC(N4)NC4NC(NC5CCCC(N5)NC(N2)N1)NC(NC(C)(C)C)N4)NC(NC(C)(C)C)N3. The molecule has 7 fully saturated rings. The van der Waals surface area contributed by atoms with Crippen LogP contribution in [0.15, 0.2) is 0 Å². The average molecular weight is 808 g/mol. The zero-order valence-electron chi connectivity index (χ0n) is 36.0. The molecule has 330 valence electrons. The molecule has 7 aliphatic rings. The minimum atomic E-state index is -0.154. The molecule has 0 aliphatic carbocycles. The van der Waals surface area contributed by atoms with Crippen molar-refractivity contribution in [2.24, 2.45) is 0 Å². The topological polar surface area (TPSA) is 253 Å². The predicted molar refractivity (Wildman–Crippen MR) is 223 cm³/mol. The fraction of sp³-hybridized carbons (Fsp3) is 1.00. The van der Waals surface area contributed by atoms with Gasteiger partial charge in [0.25, 0.3) is 0 Å². The van der Waals surface area contributed by atoms with Crippen molar-refractivity contribution >= 4 is 0 Å². The first-order valence-corrected chi connectivity index (χ1v) is 22.0. The highest BCUT2D eigenvalue weighted by atomic mass is 15.6. The highest BCUT2D eigenvalue weighted by Gasteiger charge is 2.38. The molecular formula is C36H81N21. The van der Waals surface area contributed by atoms with Gasteiger partial charge in [0.15, 0.2) is 0 Å². The standard InChI is InChI=1S/C36H81N21/c1-34(2,3)55-31-49-25-40-19-13-10-15-21(37-19)42-27-47-29(53-32(51-27)56-35(4,5)6)44-23-17-12-18-24(39-23)45-30-48-28(52-33(54-30)57-36(7,8)9)43-22-16-11-14-20(38-22)41-26(46-25)50-31/h19-33,37-57H,10-18H2,1-9H3. The van der Waals surface area contributed by atoms with Crippen LogP contribution in [0.1, 0.15) is 120 Å². The Labute approximate surface area is 341 Å². The van der Waals surface area contributed by atoms with Crippen LogP contribution in [0.3, 0.4) is 0 Å². The molecule has 12 atom stereocenters. The lowest BCUT2D eigenvalue weighted by Crippen LogP contribution is -2.82. The van der Waals surface area contributed by atoms with Crippen molar-refractivity contribution in [1.82, 2.24) is 112 Å². The summed E-state index contributed by atoms with van der Waals surface area (Å²) < 4.78 is 0. The quantitative estimate of drug-likeness (QED) is 0.129. The second-order valence-electron chi connectivity index (χ2n) is 20.2. The summed E-state index contributed by atoms with van der Waals surface area (Å²) in [5.74, 6) is 0. The molecule has 0 saturated carbocycles. The molecular weight excluding hydrogens is 727 g/mol. The maximum atomic E-state index is 3.87. The van der Waals surface area contributed by atoms with E-state index in [9.17, 15) is 0 Å². The first kappa shape index (κ1) is 44.2. The van der Waals surface area contributed by atoms with Gasteiger partial charge < -0.3 is 0 Å². The van der Waals surface area contributed by atoms with Gasteiger partial charge in [0.2, 0.25) is 0 Å². The summed E-state index contributed by atoms with van der Waals surface area (Å²) in [5, 5.41) is 79.5. The highest BCUT2D eigenvalue weighted by molar-refractivity contribution is 4.93. The summed E-state index contributed by atoms with van der Waals surface area (Å²) in [5.41, 5.74) is -0.277. The molecule has 12 bridgehead atoms. The number of hydrogen-bond acceptors (Lipinski definition) is 21.